The van der Waals surface area contributed by atoms with Gasteiger partial charge in [0.1, 0.15) is 0 Å². The molecule has 0 spiro atoms. The zero-order valence-electron chi connectivity index (χ0n) is 10.0. The molecule has 0 saturated heterocycles. The number of carbonyl (C=O) groups excluding carboxylic acids is 1. The summed E-state index contributed by atoms with van der Waals surface area (Å²) in [5.74, 6) is 0.129. The second-order valence-corrected chi connectivity index (χ2v) is 3.73. The van der Waals surface area contributed by atoms with E-state index in [4.69, 9.17) is 0 Å². The molecule has 0 atom stereocenters. The molecule has 0 aliphatic heterocycles. The first-order valence-electron chi connectivity index (χ1n) is 5.46. The third-order valence-electron chi connectivity index (χ3n) is 2.71. The zero-order chi connectivity index (χ0) is 11.4. The summed E-state index contributed by atoms with van der Waals surface area (Å²) in [7, 11) is 0. The summed E-state index contributed by atoms with van der Waals surface area (Å²) in [6, 6.07) is 5.91. The van der Waals surface area contributed by atoms with Gasteiger partial charge < -0.3 is 4.90 Å². The minimum absolute atomic E-state index is 0.129. The third-order valence-corrected chi connectivity index (χ3v) is 2.71. The van der Waals surface area contributed by atoms with Crippen LogP contribution in [-0.2, 0) is 0 Å². The molecule has 0 unspecified atom stereocenters. The summed E-state index contributed by atoms with van der Waals surface area (Å²) in [4.78, 5) is 13.5. The smallest absolute Gasteiger partial charge is 0.159 e. The van der Waals surface area contributed by atoms with Gasteiger partial charge >= 0.3 is 0 Å². The van der Waals surface area contributed by atoms with Crippen LogP contribution >= 0.6 is 0 Å². The molecular weight excluding hydrogens is 186 g/mol. The number of nitrogens with zero attached hydrogens (tertiary/aromatic N) is 1. The van der Waals surface area contributed by atoms with Crippen molar-refractivity contribution in [2.45, 2.75) is 27.7 Å². The lowest BCUT2D eigenvalue weighted by Gasteiger charge is -2.23. The second-order valence-electron chi connectivity index (χ2n) is 3.73. The van der Waals surface area contributed by atoms with Crippen LogP contribution in [0.3, 0.4) is 0 Å². The molecule has 2 nitrogen and oxygen atoms in total. The summed E-state index contributed by atoms with van der Waals surface area (Å²) in [5, 5.41) is 0. The number of aryl methyl sites for hydroxylation is 1. The Kier molecular flexibility index (Phi) is 3.89. The summed E-state index contributed by atoms with van der Waals surface area (Å²) in [5.41, 5.74) is 3.19. The van der Waals surface area contributed by atoms with Crippen molar-refractivity contribution in [3.8, 4) is 0 Å². The Balaban J connectivity index is 3.07. The average molecular weight is 205 g/mol. The summed E-state index contributed by atoms with van der Waals surface area (Å²) >= 11 is 0. The molecule has 0 bridgehead atoms. The van der Waals surface area contributed by atoms with Crippen LogP contribution in [0.1, 0.15) is 36.7 Å². The fraction of sp³-hybridized carbons (Fsp3) is 0.462. The predicted molar refractivity (Wildman–Crippen MR) is 64.7 cm³/mol. The highest BCUT2D eigenvalue weighted by molar-refractivity contribution is 5.94. The highest BCUT2D eigenvalue weighted by Crippen LogP contribution is 2.21. The molecule has 1 rings (SSSR count). The first-order valence-corrected chi connectivity index (χ1v) is 5.46. The Morgan fingerprint density at radius 2 is 1.87 bits per heavy atom. The number of carbonyl (C=O) groups is 1. The van der Waals surface area contributed by atoms with Gasteiger partial charge in [-0.25, -0.2) is 0 Å². The Morgan fingerprint density at radius 1 is 1.27 bits per heavy atom. The average Bonchev–Trinajstić information content (AvgIpc) is 2.21. The van der Waals surface area contributed by atoms with E-state index in [1.807, 2.05) is 18.2 Å². The Morgan fingerprint density at radius 3 is 2.27 bits per heavy atom. The number of anilines is 1. The SMILES string of the molecule is CCN(CC)c1ccc(C(C)=O)cc1C. The Bertz CT molecular complexity index is 354. The first kappa shape index (κ1) is 11.8. The molecule has 0 aliphatic rings. The molecule has 0 aliphatic carbocycles. The van der Waals surface area contributed by atoms with Crippen LogP contribution in [0.4, 0.5) is 5.69 Å². The largest absolute Gasteiger partial charge is 0.372 e. The van der Waals surface area contributed by atoms with Gasteiger partial charge in [-0.05, 0) is 51.5 Å². The molecule has 0 aromatic heterocycles. The van der Waals surface area contributed by atoms with E-state index >= 15 is 0 Å². The molecule has 0 saturated carbocycles. The number of ketones is 1. The van der Waals surface area contributed by atoms with Gasteiger partial charge in [0, 0.05) is 24.3 Å². The van der Waals surface area contributed by atoms with Gasteiger partial charge in [-0.15, -0.1) is 0 Å². The molecule has 0 N–H and O–H groups in total. The quantitative estimate of drug-likeness (QED) is 0.704. The minimum atomic E-state index is 0.129. The number of hydrogen-bond donors (Lipinski definition) is 0. The molecule has 0 radical (unpaired) electrons. The van der Waals surface area contributed by atoms with Gasteiger partial charge in [-0.1, -0.05) is 0 Å². The third kappa shape index (κ3) is 2.58. The molecule has 2 heteroatoms. The van der Waals surface area contributed by atoms with E-state index in [9.17, 15) is 4.79 Å². The van der Waals surface area contributed by atoms with E-state index in [-0.39, 0.29) is 5.78 Å². The second kappa shape index (κ2) is 4.96. The van der Waals surface area contributed by atoms with E-state index in [0.717, 1.165) is 18.7 Å². The number of rotatable bonds is 4. The van der Waals surface area contributed by atoms with Crippen molar-refractivity contribution in [1.82, 2.24) is 0 Å². The van der Waals surface area contributed by atoms with Crippen LogP contribution in [-0.4, -0.2) is 18.9 Å². The molecule has 1 aromatic carbocycles. The van der Waals surface area contributed by atoms with Crippen LogP contribution in [0, 0.1) is 6.92 Å². The fourth-order valence-corrected chi connectivity index (χ4v) is 1.79. The van der Waals surface area contributed by atoms with Gasteiger partial charge in [-0.3, -0.25) is 4.79 Å². The summed E-state index contributed by atoms with van der Waals surface area (Å²) < 4.78 is 0. The van der Waals surface area contributed by atoms with Crippen molar-refractivity contribution in [2.24, 2.45) is 0 Å². The lowest BCUT2D eigenvalue weighted by molar-refractivity contribution is 0.101. The standard InChI is InChI=1S/C13H19NO/c1-5-14(6-2)13-8-7-12(11(4)15)9-10(13)3/h7-9H,5-6H2,1-4H3. The van der Waals surface area contributed by atoms with E-state index in [1.165, 1.54) is 11.3 Å². The van der Waals surface area contributed by atoms with Crippen LogP contribution in [0.25, 0.3) is 0 Å². The molecule has 0 heterocycles. The van der Waals surface area contributed by atoms with Crippen LogP contribution in [0.2, 0.25) is 0 Å². The Hall–Kier alpha value is -1.31. The summed E-state index contributed by atoms with van der Waals surface area (Å²) in [6.07, 6.45) is 0. The van der Waals surface area contributed by atoms with Crippen molar-refractivity contribution in [3.05, 3.63) is 29.3 Å². The van der Waals surface area contributed by atoms with Gasteiger partial charge in [0.25, 0.3) is 0 Å². The van der Waals surface area contributed by atoms with Crippen molar-refractivity contribution in [2.75, 3.05) is 18.0 Å². The van der Waals surface area contributed by atoms with E-state index < -0.39 is 0 Å². The first-order chi connectivity index (χ1) is 7.10. The van der Waals surface area contributed by atoms with Crippen molar-refractivity contribution in [3.63, 3.8) is 0 Å². The highest BCUT2D eigenvalue weighted by atomic mass is 16.1. The predicted octanol–water partition coefficient (Wildman–Crippen LogP) is 3.04. The van der Waals surface area contributed by atoms with Crippen molar-refractivity contribution in [1.29, 1.82) is 0 Å². The molecule has 0 fully saturated rings. The highest BCUT2D eigenvalue weighted by Gasteiger charge is 2.07. The van der Waals surface area contributed by atoms with E-state index in [0.29, 0.717) is 0 Å². The lowest BCUT2D eigenvalue weighted by Crippen LogP contribution is -2.22. The topological polar surface area (TPSA) is 20.3 Å². The van der Waals surface area contributed by atoms with Crippen LogP contribution < -0.4 is 4.90 Å². The Labute approximate surface area is 91.9 Å². The minimum Gasteiger partial charge on any atom is -0.372 e. The molecule has 0 amide bonds. The van der Waals surface area contributed by atoms with Crippen molar-refractivity contribution >= 4 is 11.5 Å². The molecule has 15 heavy (non-hydrogen) atoms. The summed E-state index contributed by atoms with van der Waals surface area (Å²) in [6.45, 7) is 9.93. The van der Waals surface area contributed by atoms with E-state index in [2.05, 4.69) is 25.7 Å². The maximum absolute atomic E-state index is 11.2. The van der Waals surface area contributed by atoms with Gasteiger partial charge in [0.15, 0.2) is 5.78 Å². The van der Waals surface area contributed by atoms with Gasteiger partial charge in [0.2, 0.25) is 0 Å². The maximum Gasteiger partial charge on any atom is 0.159 e. The van der Waals surface area contributed by atoms with E-state index in [1.54, 1.807) is 6.92 Å². The lowest BCUT2D eigenvalue weighted by atomic mass is 10.1. The molecular formula is C13H19NO. The van der Waals surface area contributed by atoms with Crippen LogP contribution in [0.15, 0.2) is 18.2 Å². The number of benzene rings is 1. The fourth-order valence-electron chi connectivity index (χ4n) is 1.79. The zero-order valence-corrected chi connectivity index (χ0v) is 10.0. The maximum atomic E-state index is 11.2. The number of Topliss-reactive ketones (excluding diaryl/α,β-unsaturated/α-hetero) is 1. The van der Waals surface area contributed by atoms with Gasteiger partial charge in [0.05, 0.1) is 0 Å². The normalized spacial score (nSPS) is 10.1. The molecule has 1 aromatic rings. The van der Waals surface area contributed by atoms with Crippen molar-refractivity contribution < 1.29 is 4.79 Å². The number of hydrogen-bond acceptors (Lipinski definition) is 2. The van der Waals surface area contributed by atoms with Gasteiger partial charge in [-0.2, -0.15) is 0 Å². The molecule has 82 valence electrons. The van der Waals surface area contributed by atoms with Crippen LogP contribution in [0.5, 0.6) is 0 Å². The monoisotopic (exact) mass is 205 g/mol.